The van der Waals surface area contributed by atoms with E-state index in [0.29, 0.717) is 13.0 Å². The molecule has 0 saturated carbocycles. The minimum atomic E-state index is -0.827. The van der Waals surface area contributed by atoms with E-state index in [4.69, 9.17) is 0 Å². The maximum absolute atomic E-state index is 10.4. The summed E-state index contributed by atoms with van der Waals surface area (Å²) in [5, 5.41) is 14.5. The van der Waals surface area contributed by atoms with Gasteiger partial charge in [-0.25, -0.2) is 4.98 Å². The first kappa shape index (κ1) is 14.0. The molecule has 0 aliphatic rings. The van der Waals surface area contributed by atoms with Crippen LogP contribution in [-0.2, 0) is 12.0 Å². The first-order valence-corrected chi connectivity index (χ1v) is 7.23. The SMILES string of the molecule is CCc1nsc(NCCC(C)(O)c2ccccc2)n1. The molecule has 4 nitrogen and oxygen atoms in total. The minimum absolute atomic E-state index is 0.623. The van der Waals surface area contributed by atoms with Crippen LogP contribution in [0.25, 0.3) is 0 Å². The Morgan fingerprint density at radius 1 is 1.32 bits per heavy atom. The molecule has 0 saturated heterocycles. The number of benzene rings is 1. The average molecular weight is 277 g/mol. The average Bonchev–Trinajstić information content (AvgIpc) is 2.87. The molecule has 0 aliphatic carbocycles. The Balaban J connectivity index is 1.88. The van der Waals surface area contributed by atoms with E-state index >= 15 is 0 Å². The van der Waals surface area contributed by atoms with Gasteiger partial charge >= 0.3 is 0 Å². The topological polar surface area (TPSA) is 58.0 Å². The molecule has 1 unspecified atom stereocenters. The predicted molar refractivity (Wildman–Crippen MR) is 78.4 cm³/mol. The van der Waals surface area contributed by atoms with Gasteiger partial charge in [-0.05, 0) is 18.9 Å². The molecule has 0 spiro atoms. The van der Waals surface area contributed by atoms with E-state index in [1.165, 1.54) is 11.5 Å². The van der Waals surface area contributed by atoms with Crippen molar-refractivity contribution >= 4 is 16.7 Å². The first-order valence-electron chi connectivity index (χ1n) is 6.46. The summed E-state index contributed by atoms with van der Waals surface area (Å²) in [6.07, 6.45) is 1.47. The fourth-order valence-corrected chi connectivity index (χ4v) is 2.50. The number of hydrogen-bond donors (Lipinski definition) is 2. The summed E-state index contributed by atoms with van der Waals surface area (Å²) in [5.41, 5.74) is 0.107. The van der Waals surface area contributed by atoms with Gasteiger partial charge in [0.15, 0.2) is 0 Å². The molecule has 19 heavy (non-hydrogen) atoms. The quantitative estimate of drug-likeness (QED) is 0.852. The van der Waals surface area contributed by atoms with E-state index < -0.39 is 5.60 Å². The van der Waals surface area contributed by atoms with Crippen molar-refractivity contribution in [2.45, 2.75) is 32.3 Å². The number of aliphatic hydroxyl groups is 1. The Kier molecular flexibility index (Phi) is 4.50. The zero-order valence-electron chi connectivity index (χ0n) is 11.3. The summed E-state index contributed by atoms with van der Waals surface area (Å²) in [5.74, 6) is 0.863. The summed E-state index contributed by atoms with van der Waals surface area (Å²) in [6, 6.07) is 9.72. The Bertz CT molecular complexity index is 510. The van der Waals surface area contributed by atoms with Gasteiger partial charge in [-0.1, -0.05) is 37.3 Å². The molecule has 0 aliphatic heterocycles. The molecule has 0 radical (unpaired) electrons. The third-order valence-electron chi connectivity index (χ3n) is 3.07. The van der Waals surface area contributed by atoms with Crippen molar-refractivity contribution < 1.29 is 5.11 Å². The molecule has 102 valence electrons. The van der Waals surface area contributed by atoms with Gasteiger partial charge in [0.2, 0.25) is 5.13 Å². The number of nitrogens with zero attached hydrogens (tertiary/aromatic N) is 2. The highest BCUT2D eigenvalue weighted by Gasteiger charge is 2.22. The van der Waals surface area contributed by atoms with Crippen LogP contribution in [-0.4, -0.2) is 21.0 Å². The van der Waals surface area contributed by atoms with E-state index in [1.54, 1.807) is 0 Å². The number of hydrogen-bond acceptors (Lipinski definition) is 5. The van der Waals surface area contributed by atoms with Crippen LogP contribution in [0.15, 0.2) is 30.3 Å². The number of aromatic nitrogens is 2. The lowest BCUT2D eigenvalue weighted by molar-refractivity contribution is 0.0515. The summed E-state index contributed by atoms with van der Waals surface area (Å²) < 4.78 is 4.21. The summed E-state index contributed by atoms with van der Waals surface area (Å²) >= 11 is 1.37. The summed E-state index contributed by atoms with van der Waals surface area (Å²) in [6.45, 7) is 4.54. The second-order valence-electron chi connectivity index (χ2n) is 4.69. The standard InChI is InChI=1S/C14H19N3OS/c1-3-12-16-13(19-17-12)15-10-9-14(2,18)11-7-5-4-6-8-11/h4-8,18H,3,9-10H2,1-2H3,(H,15,16,17). The Labute approximate surface area is 117 Å². The second-order valence-corrected chi connectivity index (χ2v) is 5.44. The second kappa shape index (κ2) is 6.12. The van der Waals surface area contributed by atoms with Crippen LogP contribution in [0.5, 0.6) is 0 Å². The smallest absolute Gasteiger partial charge is 0.202 e. The van der Waals surface area contributed by atoms with Crippen LogP contribution < -0.4 is 5.32 Å². The largest absolute Gasteiger partial charge is 0.385 e. The van der Waals surface area contributed by atoms with Crippen molar-refractivity contribution in [2.24, 2.45) is 0 Å². The maximum Gasteiger partial charge on any atom is 0.202 e. The van der Waals surface area contributed by atoms with E-state index in [-0.39, 0.29) is 0 Å². The third-order valence-corrected chi connectivity index (χ3v) is 3.78. The van der Waals surface area contributed by atoms with Gasteiger partial charge in [-0.2, -0.15) is 4.37 Å². The van der Waals surface area contributed by atoms with Crippen LogP contribution >= 0.6 is 11.5 Å². The zero-order valence-corrected chi connectivity index (χ0v) is 12.1. The molecule has 1 heterocycles. The summed E-state index contributed by atoms with van der Waals surface area (Å²) in [4.78, 5) is 4.34. The molecule has 5 heteroatoms. The molecule has 1 atom stereocenters. The van der Waals surface area contributed by atoms with Crippen LogP contribution in [0.1, 0.15) is 31.7 Å². The fraction of sp³-hybridized carbons (Fsp3) is 0.429. The van der Waals surface area contributed by atoms with Crippen molar-refractivity contribution in [3.8, 4) is 0 Å². The Morgan fingerprint density at radius 3 is 2.68 bits per heavy atom. The van der Waals surface area contributed by atoms with Crippen LogP contribution in [0, 0.1) is 0 Å². The highest BCUT2D eigenvalue weighted by Crippen LogP contribution is 2.24. The van der Waals surface area contributed by atoms with Gasteiger partial charge in [0, 0.05) is 24.5 Å². The van der Waals surface area contributed by atoms with Crippen molar-refractivity contribution in [1.29, 1.82) is 0 Å². The normalized spacial score (nSPS) is 14.1. The number of rotatable bonds is 6. The molecule has 2 N–H and O–H groups in total. The summed E-state index contributed by atoms with van der Waals surface area (Å²) in [7, 11) is 0. The Morgan fingerprint density at radius 2 is 2.05 bits per heavy atom. The molecule has 0 amide bonds. The van der Waals surface area contributed by atoms with Gasteiger partial charge in [0.1, 0.15) is 5.82 Å². The van der Waals surface area contributed by atoms with Crippen molar-refractivity contribution in [2.75, 3.05) is 11.9 Å². The third kappa shape index (κ3) is 3.75. The van der Waals surface area contributed by atoms with Gasteiger partial charge in [0.25, 0.3) is 0 Å². The monoisotopic (exact) mass is 277 g/mol. The van der Waals surface area contributed by atoms with Crippen molar-refractivity contribution in [3.05, 3.63) is 41.7 Å². The molecule has 0 fully saturated rings. The lowest BCUT2D eigenvalue weighted by Crippen LogP contribution is -2.24. The van der Waals surface area contributed by atoms with Crippen molar-refractivity contribution in [3.63, 3.8) is 0 Å². The van der Waals surface area contributed by atoms with E-state index in [0.717, 1.165) is 22.9 Å². The highest BCUT2D eigenvalue weighted by molar-refractivity contribution is 7.09. The molecule has 0 bridgehead atoms. The van der Waals surface area contributed by atoms with E-state index in [9.17, 15) is 5.11 Å². The van der Waals surface area contributed by atoms with E-state index in [2.05, 4.69) is 14.7 Å². The van der Waals surface area contributed by atoms with Crippen LogP contribution in [0.2, 0.25) is 0 Å². The fourth-order valence-electron chi connectivity index (χ4n) is 1.82. The van der Waals surface area contributed by atoms with Gasteiger partial charge in [-0.15, -0.1) is 0 Å². The van der Waals surface area contributed by atoms with Gasteiger partial charge < -0.3 is 10.4 Å². The molecule has 1 aromatic heterocycles. The number of aryl methyl sites for hydroxylation is 1. The van der Waals surface area contributed by atoms with Crippen LogP contribution in [0.3, 0.4) is 0 Å². The highest BCUT2D eigenvalue weighted by atomic mass is 32.1. The lowest BCUT2D eigenvalue weighted by Gasteiger charge is -2.23. The molecule has 1 aromatic carbocycles. The molecular formula is C14H19N3OS. The van der Waals surface area contributed by atoms with Crippen molar-refractivity contribution in [1.82, 2.24) is 9.36 Å². The zero-order chi connectivity index (χ0) is 13.7. The first-order chi connectivity index (χ1) is 9.12. The molecular weight excluding hydrogens is 258 g/mol. The van der Waals surface area contributed by atoms with Crippen LogP contribution in [0.4, 0.5) is 5.13 Å². The maximum atomic E-state index is 10.4. The predicted octanol–water partition coefficient (Wildman–Crippen LogP) is 2.81. The molecule has 2 rings (SSSR count). The lowest BCUT2D eigenvalue weighted by atomic mass is 9.93. The number of anilines is 1. The molecule has 2 aromatic rings. The van der Waals surface area contributed by atoms with Gasteiger partial charge in [-0.3, -0.25) is 0 Å². The van der Waals surface area contributed by atoms with E-state index in [1.807, 2.05) is 44.2 Å². The minimum Gasteiger partial charge on any atom is -0.385 e. The number of nitrogens with one attached hydrogen (secondary N) is 1. The van der Waals surface area contributed by atoms with Gasteiger partial charge in [0.05, 0.1) is 5.60 Å². The Hall–Kier alpha value is -1.46.